The highest BCUT2D eigenvalue weighted by Crippen LogP contribution is 2.30. The molecule has 0 heterocycles. The molecule has 0 radical (unpaired) electrons. The number of nitrogens with one attached hydrogen (secondary N) is 1. The van der Waals surface area contributed by atoms with Gasteiger partial charge in [-0.1, -0.05) is 0 Å². The maximum atomic E-state index is 12.1. The van der Waals surface area contributed by atoms with Gasteiger partial charge in [0.25, 0.3) is 5.91 Å². The van der Waals surface area contributed by atoms with Crippen LogP contribution in [0.25, 0.3) is 0 Å². The van der Waals surface area contributed by atoms with Crippen molar-refractivity contribution in [3.05, 3.63) is 42.0 Å². The zero-order valence-electron chi connectivity index (χ0n) is 11.6. The second-order valence-electron chi connectivity index (χ2n) is 4.26. The van der Waals surface area contributed by atoms with E-state index >= 15 is 0 Å². The summed E-state index contributed by atoms with van der Waals surface area (Å²) in [6.07, 6.45) is 0. The fourth-order valence-corrected chi connectivity index (χ4v) is 1.84. The lowest BCUT2D eigenvalue weighted by Gasteiger charge is -2.11. The van der Waals surface area contributed by atoms with Crippen molar-refractivity contribution in [3.8, 4) is 23.0 Å². The largest absolute Gasteiger partial charge is 0.508 e. The van der Waals surface area contributed by atoms with Gasteiger partial charge in [0.05, 0.1) is 14.2 Å². The third-order valence-electron chi connectivity index (χ3n) is 2.81. The topological polar surface area (TPSA) is 88.0 Å². The van der Waals surface area contributed by atoms with Gasteiger partial charge < -0.3 is 25.0 Å². The second kappa shape index (κ2) is 6.04. The van der Waals surface area contributed by atoms with Crippen LogP contribution in [0, 0.1) is 0 Å². The van der Waals surface area contributed by atoms with Crippen LogP contribution in [0.15, 0.2) is 36.4 Å². The van der Waals surface area contributed by atoms with Gasteiger partial charge >= 0.3 is 0 Å². The highest BCUT2D eigenvalue weighted by atomic mass is 16.5. The number of aromatic hydroxyl groups is 2. The van der Waals surface area contributed by atoms with Crippen LogP contribution in [-0.2, 0) is 0 Å². The van der Waals surface area contributed by atoms with Gasteiger partial charge in [0.15, 0.2) is 11.5 Å². The van der Waals surface area contributed by atoms with E-state index in [2.05, 4.69) is 5.32 Å². The second-order valence-corrected chi connectivity index (χ2v) is 4.26. The third-order valence-corrected chi connectivity index (χ3v) is 2.81. The molecule has 0 saturated carbocycles. The van der Waals surface area contributed by atoms with Crippen molar-refractivity contribution in [2.75, 3.05) is 19.5 Å². The molecule has 6 nitrogen and oxygen atoms in total. The highest BCUT2D eigenvalue weighted by molar-refractivity contribution is 6.04. The molecule has 0 saturated heterocycles. The van der Waals surface area contributed by atoms with E-state index < -0.39 is 5.91 Å². The lowest BCUT2D eigenvalue weighted by molar-refractivity contribution is 0.102. The van der Waals surface area contributed by atoms with E-state index in [0.29, 0.717) is 17.2 Å². The van der Waals surface area contributed by atoms with Crippen LogP contribution in [0.1, 0.15) is 10.4 Å². The number of ether oxygens (including phenoxy) is 2. The van der Waals surface area contributed by atoms with Gasteiger partial charge in [0.2, 0.25) is 0 Å². The maximum Gasteiger partial charge on any atom is 0.255 e. The van der Waals surface area contributed by atoms with E-state index in [1.54, 1.807) is 18.2 Å². The number of hydrogen-bond donors (Lipinski definition) is 3. The number of hydrogen-bond acceptors (Lipinski definition) is 5. The van der Waals surface area contributed by atoms with Crippen LogP contribution in [0.2, 0.25) is 0 Å². The van der Waals surface area contributed by atoms with Crippen LogP contribution in [0.5, 0.6) is 23.0 Å². The Kier molecular flexibility index (Phi) is 4.18. The van der Waals surface area contributed by atoms with Crippen molar-refractivity contribution in [1.29, 1.82) is 0 Å². The summed E-state index contributed by atoms with van der Waals surface area (Å²) in [7, 11) is 3.02. The zero-order valence-corrected chi connectivity index (χ0v) is 11.6. The summed E-state index contributed by atoms with van der Waals surface area (Å²) in [6, 6.07) is 8.59. The maximum absolute atomic E-state index is 12.1. The molecule has 0 spiro atoms. The first-order chi connectivity index (χ1) is 10.0. The summed E-state index contributed by atoms with van der Waals surface area (Å²) in [5.74, 6) is 0.188. The quantitative estimate of drug-likeness (QED) is 0.804. The summed E-state index contributed by atoms with van der Waals surface area (Å²) in [4.78, 5) is 12.1. The first-order valence-electron chi connectivity index (χ1n) is 6.10. The predicted octanol–water partition coefficient (Wildman–Crippen LogP) is 2.37. The van der Waals surface area contributed by atoms with Crippen molar-refractivity contribution in [1.82, 2.24) is 0 Å². The van der Waals surface area contributed by atoms with Crippen LogP contribution in [0.3, 0.4) is 0 Å². The van der Waals surface area contributed by atoms with Crippen molar-refractivity contribution in [2.24, 2.45) is 0 Å². The smallest absolute Gasteiger partial charge is 0.255 e. The van der Waals surface area contributed by atoms with Gasteiger partial charge in [0, 0.05) is 23.4 Å². The molecule has 0 bridgehead atoms. The Morgan fingerprint density at radius 2 is 1.57 bits per heavy atom. The third kappa shape index (κ3) is 3.36. The number of phenolic OH excluding ortho intramolecular Hbond substituents is 2. The van der Waals surface area contributed by atoms with Gasteiger partial charge in [-0.25, -0.2) is 0 Å². The molecule has 1 amide bonds. The van der Waals surface area contributed by atoms with Crippen LogP contribution in [0.4, 0.5) is 5.69 Å². The van der Waals surface area contributed by atoms with Crippen molar-refractivity contribution < 1.29 is 24.5 Å². The molecule has 0 aromatic heterocycles. The average molecular weight is 289 g/mol. The lowest BCUT2D eigenvalue weighted by Crippen LogP contribution is -2.11. The minimum Gasteiger partial charge on any atom is -0.508 e. The number of carbonyl (C=O) groups excluding carboxylic acids is 1. The van der Waals surface area contributed by atoms with E-state index in [4.69, 9.17) is 9.47 Å². The number of anilines is 1. The van der Waals surface area contributed by atoms with E-state index in [1.807, 2.05) is 0 Å². The predicted molar refractivity (Wildman–Crippen MR) is 77.3 cm³/mol. The summed E-state index contributed by atoms with van der Waals surface area (Å²) in [6.45, 7) is 0. The molecule has 0 aliphatic heterocycles. The van der Waals surface area contributed by atoms with E-state index in [9.17, 15) is 15.0 Å². The molecule has 110 valence electrons. The van der Waals surface area contributed by atoms with Gasteiger partial charge in [-0.15, -0.1) is 0 Å². The molecule has 3 N–H and O–H groups in total. The van der Waals surface area contributed by atoms with Crippen molar-refractivity contribution in [3.63, 3.8) is 0 Å². The van der Waals surface area contributed by atoms with Gasteiger partial charge in [0.1, 0.15) is 11.5 Å². The SMILES string of the molecule is COc1ccc(NC(=O)c2cc(O)cc(O)c2)cc1OC. The zero-order chi connectivity index (χ0) is 15.4. The fourth-order valence-electron chi connectivity index (χ4n) is 1.84. The Labute approximate surface area is 121 Å². The first-order valence-corrected chi connectivity index (χ1v) is 6.10. The highest BCUT2D eigenvalue weighted by Gasteiger charge is 2.11. The number of benzene rings is 2. The standard InChI is InChI=1S/C15H15NO5/c1-20-13-4-3-10(7-14(13)21-2)16-15(19)9-5-11(17)8-12(18)6-9/h3-8,17-18H,1-2H3,(H,16,19). The summed E-state index contributed by atoms with van der Waals surface area (Å²) in [5.41, 5.74) is 0.641. The molecular weight excluding hydrogens is 274 g/mol. The molecule has 0 fully saturated rings. The molecule has 6 heteroatoms. The lowest BCUT2D eigenvalue weighted by atomic mass is 10.2. The molecule has 0 aliphatic rings. The van der Waals surface area contributed by atoms with Crippen molar-refractivity contribution >= 4 is 11.6 Å². The van der Waals surface area contributed by atoms with Crippen LogP contribution in [-0.4, -0.2) is 30.3 Å². The summed E-state index contributed by atoms with van der Waals surface area (Å²) < 4.78 is 10.3. The number of rotatable bonds is 4. The van der Waals surface area contributed by atoms with Gasteiger partial charge in [-0.2, -0.15) is 0 Å². The molecule has 2 aromatic rings. The van der Waals surface area contributed by atoms with E-state index in [1.165, 1.54) is 26.4 Å². The molecule has 0 unspecified atom stereocenters. The molecule has 2 aromatic carbocycles. The average Bonchev–Trinajstić information content (AvgIpc) is 2.46. The minimum atomic E-state index is -0.464. The summed E-state index contributed by atoms with van der Waals surface area (Å²) >= 11 is 0. The number of carbonyl (C=O) groups is 1. The molecule has 0 atom stereocenters. The molecular formula is C15H15NO5. The van der Waals surface area contributed by atoms with Gasteiger partial charge in [-0.3, -0.25) is 4.79 Å². The monoisotopic (exact) mass is 289 g/mol. The molecule has 2 rings (SSSR count). The molecule has 21 heavy (non-hydrogen) atoms. The number of methoxy groups -OCH3 is 2. The Hall–Kier alpha value is -2.89. The van der Waals surface area contributed by atoms with E-state index in [-0.39, 0.29) is 17.1 Å². The number of amides is 1. The minimum absolute atomic E-state index is 0.141. The Balaban J connectivity index is 2.23. The van der Waals surface area contributed by atoms with Gasteiger partial charge in [-0.05, 0) is 24.3 Å². The van der Waals surface area contributed by atoms with Crippen LogP contribution < -0.4 is 14.8 Å². The number of phenols is 2. The Morgan fingerprint density at radius 1 is 0.952 bits per heavy atom. The van der Waals surface area contributed by atoms with Crippen LogP contribution >= 0.6 is 0 Å². The Bertz CT molecular complexity index is 649. The summed E-state index contributed by atoms with van der Waals surface area (Å²) in [5, 5.41) is 21.4. The first kappa shape index (κ1) is 14.5. The molecule has 0 aliphatic carbocycles. The van der Waals surface area contributed by atoms with Crippen molar-refractivity contribution in [2.45, 2.75) is 0 Å². The Morgan fingerprint density at radius 3 is 2.14 bits per heavy atom. The normalized spacial score (nSPS) is 10.0. The van der Waals surface area contributed by atoms with E-state index in [0.717, 1.165) is 6.07 Å². The fraction of sp³-hybridized carbons (Fsp3) is 0.133.